The molecule has 0 aromatic carbocycles. The third-order valence-corrected chi connectivity index (χ3v) is 4.07. The lowest BCUT2D eigenvalue weighted by Gasteiger charge is -2.13. The van der Waals surface area contributed by atoms with Crippen LogP contribution in [0.25, 0.3) is 0 Å². The Morgan fingerprint density at radius 1 is 1.33 bits per heavy atom. The van der Waals surface area contributed by atoms with E-state index >= 15 is 0 Å². The number of carboxylic acids is 1. The van der Waals surface area contributed by atoms with Crippen LogP contribution < -0.4 is 5.32 Å². The molecule has 2 rings (SSSR count). The monoisotopic (exact) mass is 306 g/mol. The molecular formula is C14H18N4O2S. The Balaban J connectivity index is 2.32. The molecule has 2 N–H and O–H groups in total. The van der Waals surface area contributed by atoms with E-state index in [1.165, 1.54) is 0 Å². The lowest BCUT2D eigenvalue weighted by molar-refractivity contribution is 0.0696. The van der Waals surface area contributed by atoms with Crippen molar-refractivity contribution >= 4 is 23.1 Å². The summed E-state index contributed by atoms with van der Waals surface area (Å²) in [6, 6.07) is 0. The van der Waals surface area contributed by atoms with Gasteiger partial charge in [-0.25, -0.2) is 9.78 Å². The molecule has 0 aliphatic heterocycles. The molecular weight excluding hydrogens is 288 g/mol. The number of nitrogens with one attached hydrogen (secondary N) is 1. The highest BCUT2D eigenvalue weighted by Gasteiger charge is 2.20. The van der Waals surface area contributed by atoms with Crippen LogP contribution in [0.4, 0.5) is 5.82 Å². The third kappa shape index (κ3) is 3.36. The maximum absolute atomic E-state index is 11.6. The molecule has 0 radical (unpaired) electrons. The first-order chi connectivity index (χ1) is 10.1. The molecule has 0 amide bonds. The number of rotatable bonds is 6. The molecule has 2 heterocycles. The first-order valence-corrected chi connectivity index (χ1v) is 7.65. The largest absolute Gasteiger partial charge is 0.478 e. The summed E-state index contributed by atoms with van der Waals surface area (Å²) < 4.78 is 0. The van der Waals surface area contributed by atoms with E-state index in [1.54, 1.807) is 17.5 Å². The van der Waals surface area contributed by atoms with Crippen LogP contribution in [0.1, 0.15) is 45.3 Å². The number of aromatic nitrogens is 3. The van der Waals surface area contributed by atoms with Gasteiger partial charge in [0.2, 0.25) is 0 Å². The smallest absolute Gasteiger partial charge is 0.339 e. The van der Waals surface area contributed by atoms with Gasteiger partial charge in [0.05, 0.1) is 17.2 Å². The van der Waals surface area contributed by atoms with E-state index in [0.717, 1.165) is 21.1 Å². The van der Waals surface area contributed by atoms with Gasteiger partial charge in [0.25, 0.3) is 0 Å². The fraction of sp³-hybridized carbons (Fsp3) is 0.429. The summed E-state index contributed by atoms with van der Waals surface area (Å²) in [5.41, 5.74) is 1.72. The number of thiazole rings is 1. The van der Waals surface area contributed by atoms with Crippen LogP contribution >= 0.6 is 11.3 Å². The fourth-order valence-corrected chi connectivity index (χ4v) is 2.92. The Morgan fingerprint density at radius 3 is 2.62 bits per heavy atom. The molecule has 0 saturated heterocycles. The summed E-state index contributed by atoms with van der Waals surface area (Å²) in [7, 11) is 0. The molecule has 2 aromatic rings. The molecule has 0 spiro atoms. The highest BCUT2D eigenvalue weighted by Crippen LogP contribution is 2.22. The molecule has 7 heteroatoms. The predicted octanol–water partition coefficient (Wildman–Crippen LogP) is 2.68. The van der Waals surface area contributed by atoms with Crippen LogP contribution in [-0.4, -0.2) is 26.3 Å². The van der Waals surface area contributed by atoms with Gasteiger partial charge in [-0.2, -0.15) is 5.10 Å². The van der Waals surface area contributed by atoms with Gasteiger partial charge in [0, 0.05) is 11.1 Å². The first kappa shape index (κ1) is 15.4. The van der Waals surface area contributed by atoms with Gasteiger partial charge in [-0.3, -0.25) is 0 Å². The Labute approximate surface area is 127 Å². The van der Waals surface area contributed by atoms with Crippen molar-refractivity contribution in [3.8, 4) is 0 Å². The van der Waals surface area contributed by atoms with E-state index in [4.69, 9.17) is 0 Å². The van der Waals surface area contributed by atoms with Crippen LogP contribution in [0, 0.1) is 6.92 Å². The van der Waals surface area contributed by atoms with Gasteiger partial charge >= 0.3 is 5.97 Å². The highest BCUT2D eigenvalue weighted by molar-refractivity contribution is 7.11. The second-order valence-electron chi connectivity index (χ2n) is 4.56. The SMILES string of the molecule is CCc1nnc(NCc2cnc(C)s2)c(C(=O)O)c1CC. The van der Waals surface area contributed by atoms with Crippen molar-refractivity contribution in [3.63, 3.8) is 0 Å². The zero-order valence-corrected chi connectivity index (χ0v) is 13.1. The molecule has 112 valence electrons. The minimum Gasteiger partial charge on any atom is -0.478 e. The van der Waals surface area contributed by atoms with E-state index in [-0.39, 0.29) is 5.56 Å². The standard InChI is InChI=1S/C14H18N4O2S/c1-4-10-11(5-2)17-18-13(12(10)14(19)20)16-7-9-6-15-8(3)21-9/h6H,4-5,7H2,1-3H3,(H,16,18)(H,19,20). The Kier molecular flexibility index (Phi) is 4.85. The van der Waals surface area contributed by atoms with Gasteiger partial charge in [0.15, 0.2) is 5.82 Å². The summed E-state index contributed by atoms with van der Waals surface area (Å²) in [6.07, 6.45) is 3.07. The molecule has 0 saturated carbocycles. The van der Waals surface area contributed by atoms with Crippen molar-refractivity contribution in [2.24, 2.45) is 0 Å². The van der Waals surface area contributed by atoms with E-state index in [2.05, 4.69) is 20.5 Å². The molecule has 21 heavy (non-hydrogen) atoms. The van der Waals surface area contributed by atoms with Crippen molar-refractivity contribution in [1.82, 2.24) is 15.2 Å². The van der Waals surface area contributed by atoms with Crippen molar-refractivity contribution in [1.29, 1.82) is 0 Å². The number of nitrogens with zero attached hydrogens (tertiary/aromatic N) is 3. The Bertz CT molecular complexity index is 654. The molecule has 0 aliphatic rings. The summed E-state index contributed by atoms with van der Waals surface area (Å²) >= 11 is 1.57. The minimum absolute atomic E-state index is 0.227. The average molecular weight is 306 g/mol. The van der Waals surface area contributed by atoms with Crippen LogP contribution in [0.2, 0.25) is 0 Å². The van der Waals surface area contributed by atoms with Gasteiger partial charge < -0.3 is 10.4 Å². The molecule has 0 atom stereocenters. The Morgan fingerprint density at radius 2 is 2.10 bits per heavy atom. The van der Waals surface area contributed by atoms with E-state index < -0.39 is 5.97 Å². The summed E-state index contributed by atoms with van der Waals surface area (Å²) in [6.45, 7) is 6.30. The minimum atomic E-state index is -0.973. The average Bonchev–Trinajstić information content (AvgIpc) is 2.89. The molecule has 0 aliphatic carbocycles. The first-order valence-electron chi connectivity index (χ1n) is 6.83. The van der Waals surface area contributed by atoms with Crippen LogP contribution in [0.15, 0.2) is 6.20 Å². The molecule has 0 fully saturated rings. The van der Waals surface area contributed by atoms with Crippen molar-refractivity contribution < 1.29 is 9.90 Å². The number of aromatic carboxylic acids is 1. The fourth-order valence-electron chi connectivity index (χ4n) is 2.18. The van der Waals surface area contributed by atoms with E-state index in [0.29, 0.717) is 25.2 Å². The zero-order valence-electron chi connectivity index (χ0n) is 12.3. The number of hydrogen-bond acceptors (Lipinski definition) is 6. The number of aryl methyl sites for hydroxylation is 2. The van der Waals surface area contributed by atoms with Crippen LogP contribution in [0.3, 0.4) is 0 Å². The summed E-state index contributed by atoms with van der Waals surface area (Å²) in [4.78, 5) is 16.8. The van der Waals surface area contributed by atoms with E-state index in [1.807, 2.05) is 20.8 Å². The second-order valence-corrected chi connectivity index (χ2v) is 5.88. The number of hydrogen-bond donors (Lipinski definition) is 2. The van der Waals surface area contributed by atoms with Gasteiger partial charge in [-0.05, 0) is 25.3 Å². The summed E-state index contributed by atoms with van der Waals surface area (Å²) in [5, 5.41) is 21.7. The third-order valence-electron chi connectivity index (χ3n) is 3.16. The zero-order chi connectivity index (χ0) is 15.4. The number of carboxylic acid groups (broad SMARTS) is 1. The molecule has 0 unspecified atom stereocenters. The number of carbonyl (C=O) groups is 1. The van der Waals surface area contributed by atoms with Crippen molar-refractivity contribution in [3.05, 3.63) is 32.9 Å². The van der Waals surface area contributed by atoms with Crippen molar-refractivity contribution in [2.75, 3.05) is 5.32 Å². The maximum atomic E-state index is 11.6. The van der Waals surface area contributed by atoms with Gasteiger partial charge in [-0.15, -0.1) is 16.4 Å². The van der Waals surface area contributed by atoms with Crippen molar-refractivity contribution in [2.45, 2.75) is 40.2 Å². The number of anilines is 1. The second kappa shape index (κ2) is 6.62. The topological polar surface area (TPSA) is 88.0 Å². The Hall–Kier alpha value is -2.02. The molecule has 2 aromatic heterocycles. The lowest BCUT2D eigenvalue weighted by Crippen LogP contribution is -2.14. The van der Waals surface area contributed by atoms with Gasteiger partial charge in [0.1, 0.15) is 5.56 Å². The maximum Gasteiger partial charge on any atom is 0.339 e. The lowest BCUT2D eigenvalue weighted by atomic mass is 10.0. The highest BCUT2D eigenvalue weighted by atomic mass is 32.1. The van der Waals surface area contributed by atoms with E-state index in [9.17, 15) is 9.90 Å². The molecule has 0 bridgehead atoms. The van der Waals surface area contributed by atoms with Gasteiger partial charge in [-0.1, -0.05) is 13.8 Å². The molecule has 6 nitrogen and oxygen atoms in total. The van der Waals surface area contributed by atoms with Crippen LogP contribution in [-0.2, 0) is 19.4 Å². The predicted molar refractivity (Wildman–Crippen MR) is 81.9 cm³/mol. The summed E-state index contributed by atoms with van der Waals surface area (Å²) in [5.74, 6) is -0.651. The van der Waals surface area contributed by atoms with Crippen LogP contribution in [0.5, 0.6) is 0 Å². The quantitative estimate of drug-likeness (QED) is 0.853. The normalized spacial score (nSPS) is 10.6.